The molecule has 16 heavy (non-hydrogen) atoms. The molecule has 4 heteroatoms. The number of rotatable bonds is 5. The lowest BCUT2D eigenvalue weighted by molar-refractivity contribution is -0.0392. The molecular weight excluding hydrogens is 224 g/mol. The monoisotopic (exact) mass is 242 g/mol. The molecule has 3 N–H and O–H groups in total. The number of hydrazine groups is 1. The Bertz CT molecular complexity index is 342. The highest BCUT2D eigenvalue weighted by atomic mass is 35.5. The van der Waals surface area contributed by atoms with Crippen molar-refractivity contribution in [2.75, 3.05) is 6.61 Å². The number of ether oxygens (including phenoxy) is 1. The molecule has 0 aliphatic heterocycles. The molecule has 0 saturated heterocycles. The lowest BCUT2D eigenvalue weighted by Gasteiger charge is -2.34. The molecule has 0 fully saturated rings. The molecule has 0 spiro atoms. The zero-order valence-electron chi connectivity index (χ0n) is 9.96. The van der Waals surface area contributed by atoms with Crippen molar-refractivity contribution in [3.8, 4) is 0 Å². The summed E-state index contributed by atoms with van der Waals surface area (Å²) in [6.07, 6.45) is 0. The minimum absolute atomic E-state index is 0.0915. The minimum atomic E-state index is -0.381. The van der Waals surface area contributed by atoms with Crippen LogP contribution in [0.2, 0.25) is 5.02 Å². The van der Waals surface area contributed by atoms with Gasteiger partial charge in [-0.2, -0.15) is 0 Å². The molecule has 1 aromatic carbocycles. The number of benzene rings is 1. The predicted molar refractivity (Wildman–Crippen MR) is 67.2 cm³/mol. The maximum absolute atomic E-state index is 5.96. The Morgan fingerprint density at radius 2 is 2.19 bits per heavy atom. The van der Waals surface area contributed by atoms with Gasteiger partial charge in [-0.15, -0.1) is 0 Å². The molecule has 0 aliphatic carbocycles. The van der Waals surface area contributed by atoms with Crippen molar-refractivity contribution < 1.29 is 4.74 Å². The van der Waals surface area contributed by atoms with Gasteiger partial charge in [0.2, 0.25) is 0 Å². The summed E-state index contributed by atoms with van der Waals surface area (Å²) < 4.78 is 5.69. The van der Waals surface area contributed by atoms with Gasteiger partial charge >= 0.3 is 0 Å². The molecule has 0 aliphatic rings. The van der Waals surface area contributed by atoms with Gasteiger partial charge in [0, 0.05) is 11.6 Å². The van der Waals surface area contributed by atoms with Crippen LogP contribution in [0.3, 0.4) is 0 Å². The fraction of sp³-hybridized carbons (Fsp3) is 0.500. The number of hydrogen-bond acceptors (Lipinski definition) is 3. The highest BCUT2D eigenvalue weighted by Crippen LogP contribution is 2.29. The summed E-state index contributed by atoms with van der Waals surface area (Å²) in [7, 11) is 0. The molecule has 1 aromatic rings. The van der Waals surface area contributed by atoms with Crippen molar-refractivity contribution in [2.45, 2.75) is 32.4 Å². The van der Waals surface area contributed by atoms with Crippen LogP contribution in [0, 0.1) is 0 Å². The Morgan fingerprint density at radius 1 is 1.50 bits per heavy atom. The zero-order chi connectivity index (χ0) is 12.2. The average Bonchev–Trinajstić information content (AvgIpc) is 2.18. The fourth-order valence-electron chi connectivity index (χ4n) is 1.84. The SMILES string of the molecule is CCOC(C)(C)C(NN)c1cccc(Cl)c1. The minimum Gasteiger partial charge on any atom is -0.374 e. The molecule has 0 saturated carbocycles. The van der Waals surface area contributed by atoms with Gasteiger partial charge in [0.25, 0.3) is 0 Å². The second-order valence-corrected chi connectivity index (χ2v) is 4.63. The highest BCUT2D eigenvalue weighted by molar-refractivity contribution is 6.30. The van der Waals surface area contributed by atoms with Crippen LogP contribution in [-0.2, 0) is 4.74 Å². The van der Waals surface area contributed by atoms with Crippen LogP contribution in [0.25, 0.3) is 0 Å². The third-order valence-corrected chi connectivity index (χ3v) is 2.80. The first-order valence-electron chi connectivity index (χ1n) is 5.36. The Labute approximate surface area is 102 Å². The molecule has 1 unspecified atom stereocenters. The standard InChI is InChI=1S/C12H19ClN2O/c1-4-16-12(2,3)11(15-14)9-6-5-7-10(13)8-9/h5-8,11,15H,4,14H2,1-3H3. The van der Waals surface area contributed by atoms with Gasteiger partial charge in [-0.25, -0.2) is 0 Å². The van der Waals surface area contributed by atoms with Crippen molar-refractivity contribution >= 4 is 11.6 Å². The molecule has 0 bridgehead atoms. The summed E-state index contributed by atoms with van der Waals surface area (Å²) in [5.41, 5.74) is 3.43. The van der Waals surface area contributed by atoms with Crippen LogP contribution in [0.5, 0.6) is 0 Å². The van der Waals surface area contributed by atoms with E-state index in [4.69, 9.17) is 22.2 Å². The number of nitrogens with one attached hydrogen (secondary N) is 1. The van der Waals surface area contributed by atoms with E-state index < -0.39 is 0 Å². The van der Waals surface area contributed by atoms with E-state index in [-0.39, 0.29) is 11.6 Å². The van der Waals surface area contributed by atoms with Crippen LogP contribution < -0.4 is 11.3 Å². The van der Waals surface area contributed by atoms with Crippen molar-refractivity contribution in [2.24, 2.45) is 5.84 Å². The summed E-state index contributed by atoms with van der Waals surface area (Å²) in [5.74, 6) is 5.60. The number of halogens is 1. The van der Waals surface area contributed by atoms with E-state index in [0.717, 1.165) is 5.56 Å². The van der Waals surface area contributed by atoms with Gasteiger partial charge < -0.3 is 4.74 Å². The Kier molecular flexibility index (Phi) is 4.74. The van der Waals surface area contributed by atoms with E-state index in [1.54, 1.807) is 0 Å². The van der Waals surface area contributed by atoms with Gasteiger partial charge in [-0.1, -0.05) is 23.7 Å². The molecule has 0 amide bonds. The van der Waals surface area contributed by atoms with Crippen molar-refractivity contribution in [3.63, 3.8) is 0 Å². The largest absolute Gasteiger partial charge is 0.374 e. The van der Waals surface area contributed by atoms with Crippen molar-refractivity contribution in [3.05, 3.63) is 34.9 Å². The molecule has 90 valence electrons. The highest BCUT2D eigenvalue weighted by Gasteiger charge is 2.30. The molecule has 0 heterocycles. The molecule has 0 radical (unpaired) electrons. The Balaban J connectivity index is 2.98. The lowest BCUT2D eigenvalue weighted by Crippen LogP contribution is -2.44. The van der Waals surface area contributed by atoms with E-state index in [1.807, 2.05) is 45.0 Å². The number of hydrogen-bond donors (Lipinski definition) is 2. The van der Waals surface area contributed by atoms with Crippen molar-refractivity contribution in [1.82, 2.24) is 5.43 Å². The zero-order valence-corrected chi connectivity index (χ0v) is 10.7. The first kappa shape index (κ1) is 13.5. The van der Waals surface area contributed by atoms with E-state index in [9.17, 15) is 0 Å². The van der Waals surface area contributed by atoms with E-state index >= 15 is 0 Å². The third-order valence-electron chi connectivity index (χ3n) is 2.56. The van der Waals surface area contributed by atoms with Crippen LogP contribution >= 0.6 is 11.6 Å². The second-order valence-electron chi connectivity index (χ2n) is 4.19. The molecule has 3 nitrogen and oxygen atoms in total. The van der Waals surface area contributed by atoms with Crippen LogP contribution in [0.1, 0.15) is 32.4 Å². The van der Waals surface area contributed by atoms with Crippen molar-refractivity contribution in [1.29, 1.82) is 0 Å². The third kappa shape index (κ3) is 3.19. The summed E-state index contributed by atoms with van der Waals surface area (Å²) in [5, 5.41) is 0.699. The normalized spacial score (nSPS) is 13.8. The van der Waals surface area contributed by atoms with Gasteiger partial charge in [-0.3, -0.25) is 11.3 Å². The van der Waals surface area contributed by atoms with E-state index in [2.05, 4.69) is 5.43 Å². The van der Waals surface area contributed by atoms with Gasteiger partial charge in [-0.05, 0) is 38.5 Å². The second kappa shape index (κ2) is 5.64. The molecule has 1 atom stereocenters. The lowest BCUT2D eigenvalue weighted by atomic mass is 9.92. The summed E-state index contributed by atoms with van der Waals surface area (Å²) in [6, 6.07) is 7.53. The summed E-state index contributed by atoms with van der Waals surface area (Å²) in [4.78, 5) is 0. The maximum atomic E-state index is 5.96. The predicted octanol–water partition coefficient (Wildman–Crippen LogP) is 2.66. The van der Waals surface area contributed by atoms with Crippen LogP contribution in [0.15, 0.2) is 24.3 Å². The maximum Gasteiger partial charge on any atom is 0.0833 e. The van der Waals surface area contributed by atoms with Gasteiger partial charge in [0.05, 0.1) is 11.6 Å². The summed E-state index contributed by atoms with van der Waals surface area (Å²) >= 11 is 5.96. The topological polar surface area (TPSA) is 47.3 Å². The Hall–Kier alpha value is -0.610. The summed E-state index contributed by atoms with van der Waals surface area (Å²) in [6.45, 7) is 6.61. The first-order valence-corrected chi connectivity index (χ1v) is 5.74. The quantitative estimate of drug-likeness (QED) is 0.617. The molecule has 0 aromatic heterocycles. The number of nitrogens with two attached hydrogens (primary N) is 1. The van der Waals surface area contributed by atoms with Crippen LogP contribution in [0.4, 0.5) is 0 Å². The fourth-order valence-corrected chi connectivity index (χ4v) is 2.04. The average molecular weight is 243 g/mol. The van der Waals surface area contributed by atoms with E-state index in [0.29, 0.717) is 11.6 Å². The Morgan fingerprint density at radius 3 is 2.69 bits per heavy atom. The van der Waals surface area contributed by atoms with Gasteiger partial charge in [0.1, 0.15) is 0 Å². The van der Waals surface area contributed by atoms with E-state index in [1.165, 1.54) is 0 Å². The molecular formula is C12H19ClN2O. The molecule has 1 rings (SSSR count). The van der Waals surface area contributed by atoms with Crippen LogP contribution in [-0.4, -0.2) is 12.2 Å². The van der Waals surface area contributed by atoms with Gasteiger partial charge in [0.15, 0.2) is 0 Å². The smallest absolute Gasteiger partial charge is 0.0833 e. The first-order chi connectivity index (χ1) is 7.51.